The van der Waals surface area contributed by atoms with E-state index in [0.717, 1.165) is 49.3 Å². The largest absolute Gasteiger partial charge is 0.456 e. The van der Waals surface area contributed by atoms with Crippen LogP contribution in [0.4, 0.5) is 0 Å². The molecule has 7 heteroatoms. The van der Waals surface area contributed by atoms with Crippen LogP contribution < -0.4 is 0 Å². The van der Waals surface area contributed by atoms with Crippen molar-refractivity contribution < 1.29 is 15.4 Å². The first-order chi connectivity index (χ1) is 35.1. The van der Waals surface area contributed by atoms with Crippen LogP contribution in [0.1, 0.15) is 11.0 Å². The molecule has 0 fully saturated rings. The van der Waals surface area contributed by atoms with Crippen LogP contribution in [0.3, 0.4) is 0 Å². The maximum Gasteiger partial charge on any atom is 0.240 e. The fourth-order valence-corrected chi connectivity index (χ4v) is 9.79. The molecule has 7 nitrogen and oxygen atoms in total. The summed E-state index contributed by atoms with van der Waals surface area (Å²) in [6.45, 7) is 0. The van der Waals surface area contributed by atoms with Gasteiger partial charge in [0, 0.05) is 43.1 Å². The van der Waals surface area contributed by atoms with Crippen LogP contribution >= 0.6 is 0 Å². The number of nitrogens with zero attached hydrogens (tertiary/aromatic N) is 6. The minimum absolute atomic E-state index is 0.00735. The molecular weight excluding hydrogens is 785 g/mol. The Morgan fingerprint density at radius 3 is 1.41 bits per heavy atom. The van der Waals surface area contributed by atoms with Crippen molar-refractivity contribution in [1.82, 2.24) is 28.7 Å². The Morgan fingerprint density at radius 1 is 0.359 bits per heavy atom. The summed E-state index contributed by atoms with van der Waals surface area (Å²) in [7, 11) is 0. The average molecular weight is 827 g/mol. The van der Waals surface area contributed by atoms with Crippen LogP contribution in [0.5, 0.6) is 0 Å². The molecule has 5 aromatic heterocycles. The molecule has 0 N–H and O–H groups in total. The summed E-state index contributed by atoms with van der Waals surface area (Å²) in [5.74, 6) is 0.187. The topological polar surface area (TPSA) is 66.6 Å². The van der Waals surface area contributed by atoms with Crippen molar-refractivity contribution in [1.29, 1.82) is 0 Å². The lowest BCUT2D eigenvalue weighted by Crippen LogP contribution is -2.11. The van der Waals surface area contributed by atoms with Crippen molar-refractivity contribution in [3.63, 3.8) is 0 Å². The zero-order valence-electron chi connectivity index (χ0n) is 41.6. The van der Waals surface area contributed by atoms with E-state index in [0.29, 0.717) is 38.6 Å². The molecule has 0 aliphatic rings. The van der Waals surface area contributed by atoms with Crippen molar-refractivity contribution in [2.45, 2.75) is 0 Å². The number of rotatable bonds is 5. The Hall–Kier alpha value is -8.81. The summed E-state index contributed by atoms with van der Waals surface area (Å²) >= 11 is 0. The van der Waals surface area contributed by atoms with E-state index in [-0.39, 0.29) is 75.8 Å². The first kappa shape index (κ1) is 27.9. The van der Waals surface area contributed by atoms with Crippen LogP contribution in [-0.4, -0.2) is 28.7 Å². The predicted molar refractivity (Wildman–Crippen MR) is 261 cm³/mol. The SMILES string of the molecule is [2H]c1c([2H])c([2H])c2c(c1[2H])c1ccccc1n2-c1nc(-c2c(-c3cccc4oc5ccccc5c34)cccc2-n2c3ccccc3c3ccccc32)nc(-n2c3ccccc3c3c([2H])c([2H])c([2H])c([2H])c32)n1. The van der Waals surface area contributed by atoms with Gasteiger partial charge >= 0.3 is 0 Å². The molecule has 0 aliphatic heterocycles. The van der Waals surface area contributed by atoms with Crippen molar-refractivity contribution >= 4 is 87.4 Å². The van der Waals surface area contributed by atoms with Gasteiger partial charge in [0.1, 0.15) is 11.2 Å². The zero-order valence-corrected chi connectivity index (χ0v) is 33.6. The zero-order chi connectivity index (χ0) is 48.8. The van der Waals surface area contributed by atoms with Crippen molar-refractivity contribution in [3.05, 3.63) is 206 Å². The number of hydrogen-bond acceptors (Lipinski definition) is 4. The molecule has 0 amide bonds. The second-order valence-corrected chi connectivity index (χ2v) is 15.8. The van der Waals surface area contributed by atoms with Gasteiger partial charge in [0.2, 0.25) is 11.9 Å². The normalized spacial score (nSPS) is 13.8. The van der Waals surface area contributed by atoms with Gasteiger partial charge in [-0.05, 0) is 65.7 Å². The third-order valence-electron chi connectivity index (χ3n) is 12.4. The van der Waals surface area contributed by atoms with Gasteiger partial charge in [-0.3, -0.25) is 9.13 Å². The molecule has 0 spiro atoms. The maximum absolute atomic E-state index is 9.44. The fraction of sp³-hybridized carbons (Fsp3) is 0. The lowest BCUT2D eigenvalue weighted by Gasteiger charge is -2.19. The molecule has 14 rings (SSSR count). The number of fused-ring (bicyclic) bond motifs is 12. The molecule has 0 atom stereocenters. The van der Waals surface area contributed by atoms with E-state index in [4.69, 9.17) is 24.9 Å². The Labute approximate surface area is 376 Å². The monoisotopic (exact) mass is 826 g/mol. The Kier molecular flexibility index (Phi) is 5.82. The third-order valence-corrected chi connectivity index (χ3v) is 12.4. The quantitative estimate of drug-likeness (QED) is 0.173. The van der Waals surface area contributed by atoms with Gasteiger partial charge in [-0.1, -0.05) is 152 Å². The smallest absolute Gasteiger partial charge is 0.240 e. The van der Waals surface area contributed by atoms with Gasteiger partial charge in [0.25, 0.3) is 0 Å². The average Bonchev–Trinajstić information content (AvgIpc) is 4.17. The number of aromatic nitrogens is 6. The number of furan rings is 1. The molecule has 0 bridgehead atoms. The van der Waals surface area contributed by atoms with Crippen molar-refractivity contribution in [2.75, 3.05) is 0 Å². The van der Waals surface area contributed by atoms with E-state index in [9.17, 15) is 5.48 Å². The molecule has 5 heterocycles. The Morgan fingerprint density at radius 2 is 0.812 bits per heavy atom. The van der Waals surface area contributed by atoms with Gasteiger partial charge in [-0.25, -0.2) is 0 Å². The molecule has 0 aliphatic carbocycles. The van der Waals surface area contributed by atoms with Crippen LogP contribution in [-0.2, 0) is 0 Å². The van der Waals surface area contributed by atoms with Gasteiger partial charge < -0.3 is 8.98 Å². The van der Waals surface area contributed by atoms with Crippen LogP contribution in [0.2, 0.25) is 0 Å². The fourth-order valence-electron chi connectivity index (χ4n) is 9.79. The highest BCUT2D eigenvalue weighted by molar-refractivity contribution is 6.15. The molecule has 0 saturated carbocycles. The van der Waals surface area contributed by atoms with E-state index in [1.807, 2.05) is 127 Å². The summed E-state index contributed by atoms with van der Waals surface area (Å²) < 4.78 is 84.6. The van der Waals surface area contributed by atoms with Crippen molar-refractivity contribution in [3.8, 4) is 40.1 Å². The van der Waals surface area contributed by atoms with Crippen molar-refractivity contribution in [2.24, 2.45) is 0 Å². The minimum atomic E-state index is -0.427. The first-order valence-corrected chi connectivity index (χ1v) is 20.9. The molecular formula is C57H34N6O. The van der Waals surface area contributed by atoms with Gasteiger partial charge in [0.15, 0.2) is 5.82 Å². The molecule has 0 radical (unpaired) electrons. The summed E-state index contributed by atoms with van der Waals surface area (Å²) in [5.41, 5.74) is 7.44. The standard InChI is InChI=1S/C57H34N6O/c1-8-26-44-35(17-1)36-18-2-9-27-45(36)61(44)50-32-15-24-42(41-25-16-34-52-53(41)43-23-7-14-33-51(43)64-52)54(50)55-58-56(62-46-28-10-3-19-37(46)38-20-4-11-29-47(38)62)60-57(59-55)63-48-30-12-5-21-39(48)40-22-6-13-31-49(40)63/h1-34H/i3D,5D,10D,12D,19D,21D,28D,30D. The molecule has 14 aromatic rings. The van der Waals surface area contributed by atoms with E-state index >= 15 is 0 Å². The number of hydrogen-bond donors (Lipinski definition) is 0. The third kappa shape index (κ3) is 4.89. The number of para-hydroxylation sites is 7. The molecule has 64 heavy (non-hydrogen) atoms. The second kappa shape index (κ2) is 13.3. The highest BCUT2D eigenvalue weighted by atomic mass is 16.3. The van der Waals surface area contributed by atoms with Crippen LogP contribution in [0.15, 0.2) is 210 Å². The maximum atomic E-state index is 9.44. The van der Waals surface area contributed by atoms with E-state index in [1.165, 1.54) is 0 Å². The summed E-state index contributed by atoms with van der Waals surface area (Å²) in [6, 6.07) is 48.3. The van der Waals surface area contributed by atoms with E-state index in [2.05, 4.69) is 34.9 Å². The Bertz CT molecular complexity index is 4500. The summed E-state index contributed by atoms with van der Waals surface area (Å²) in [5, 5.41) is 5.53. The molecule has 9 aromatic carbocycles. The minimum Gasteiger partial charge on any atom is -0.456 e. The lowest BCUT2D eigenvalue weighted by molar-refractivity contribution is 0.669. The van der Waals surface area contributed by atoms with Crippen LogP contribution in [0.25, 0.3) is 127 Å². The molecule has 298 valence electrons. The highest BCUT2D eigenvalue weighted by Crippen LogP contribution is 2.45. The van der Waals surface area contributed by atoms with E-state index in [1.54, 1.807) is 9.13 Å². The summed E-state index contributed by atoms with van der Waals surface area (Å²) in [6.07, 6.45) is 0. The van der Waals surface area contributed by atoms with Gasteiger partial charge in [0.05, 0.1) is 55.3 Å². The summed E-state index contributed by atoms with van der Waals surface area (Å²) in [4.78, 5) is 16.1. The predicted octanol–water partition coefficient (Wildman–Crippen LogP) is 14.4. The first-order valence-electron chi connectivity index (χ1n) is 24.9. The molecule has 0 unspecified atom stereocenters. The van der Waals surface area contributed by atoms with E-state index < -0.39 is 12.1 Å². The Balaban J connectivity index is 1.21. The lowest BCUT2D eigenvalue weighted by atomic mass is 9.93. The second-order valence-electron chi connectivity index (χ2n) is 15.8. The highest BCUT2D eigenvalue weighted by Gasteiger charge is 2.26. The van der Waals surface area contributed by atoms with Crippen LogP contribution in [0, 0.1) is 0 Å². The number of benzene rings is 9. The molecule has 0 saturated heterocycles. The van der Waals surface area contributed by atoms with Gasteiger partial charge in [-0.2, -0.15) is 15.0 Å². The van der Waals surface area contributed by atoms with Gasteiger partial charge in [-0.15, -0.1) is 0 Å².